The zero-order valence-electron chi connectivity index (χ0n) is 25.1. The van der Waals surface area contributed by atoms with Crippen LogP contribution < -0.4 is 10.6 Å². The number of aryl methyl sites for hydroxylation is 1. The van der Waals surface area contributed by atoms with Crippen LogP contribution in [0.1, 0.15) is 21.6 Å². The van der Waals surface area contributed by atoms with Gasteiger partial charge in [-0.25, -0.2) is 0 Å². The number of hydrogen-bond donors (Lipinski definition) is 5. The number of benzene rings is 4. The molecule has 2 heterocycles. The van der Waals surface area contributed by atoms with Crippen molar-refractivity contribution in [3.63, 3.8) is 0 Å². The maximum Gasteiger partial charge on any atom is 0.243 e. The van der Waals surface area contributed by atoms with Gasteiger partial charge in [-0.1, -0.05) is 18.2 Å². The summed E-state index contributed by atoms with van der Waals surface area (Å²) in [6.45, 7) is 1.65. The van der Waals surface area contributed by atoms with Gasteiger partial charge in [0.15, 0.2) is 11.5 Å². The molecule has 17 heteroatoms. The smallest absolute Gasteiger partial charge is 0.243 e. The first kappa shape index (κ1) is 32.7. The molecule has 0 radical (unpaired) electrons. The second-order valence-corrected chi connectivity index (χ2v) is 11.5. The Hall–Kier alpha value is -6.23. The largest absolute Gasteiger partial charge is 0.768 e. The van der Waals surface area contributed by atoms with Crippen molar-refractivity contribution in [1.82, 2.24) is 24.7 Å². The predicted octanol–water partition coefficient (Wildman–Crippen LogP) is 6.51. The SMILES string of the molecule is Cc1nn(-c2ccc(Nc3nc(Cl)nc(Nc4cccc(C(=O)c5ccc(O)cc5O)c4)n3)cc2)c(O)c1N=Nc1cccc(S(=O)[O-])c1. The first-order chi connectivity index (χ1) is 23.5. The lowest BCUT2D eigenvalue weighted by atomic mass is 10.0. The van der Waals surface area contributed by atoms with Crippen LogP contribution in [0.4, 0.5) is 34.6 Å². The number of phenols is 2. The number of azo groups is 1. The van der Waals surface area contributed by atoms with Crippen molar-refractivity contribution in [2.24, 2.45) is 10.2 Å². The second-order valence-electron chi connectivity index (χ2n) is 10.3. The summed E-state index contributed by atoms with van der Waals surface area (Å²) < 4.78 is 23.7. The number of hydrogen-bond acceptors (Lipinski definition) is 14. The fraction of sp³-hybridized carbons (Fsp3) is 0.0312. The van der Waals surface area contributed by atoms with Crippen LogP contribution >= 0.6 is 11.6 Å². The Balaban J connectivity index is 1.16. The van der Waals surface area contributed by atoms with E-state index in [1.165, 1.54) is 35.0 Å². The number of anilines is 4. The third-order valence-electron chi connectivity index (χ3n) is 6.86. The third-order valence-corrected chi connectivity index (χ3v) is 7.67. The van der Waals surface area contributed by atoms with E-state index in [1.807, 2.05) is 0 Å². The average Bonchev–Trinajstić information content (AvgIpc) is 3.36. The molecule has 0 bridgehead atoms. The number of halogens is 1. The van der Waals surface area contributed by atoms with Gasteiger partial charge in [0.25, 0.3) is 0 Å². The molecule has 0 aliphatic carbocycles. The van der Waals surface area contributed by atoms with Gasteiger partial charge in [0.2, 0.25) is 23.1 Å². The Kier molecular flexibility index (Phi) is 9.25. The van der Waals surface area contributed by atoms with Crippen LogP contribution in [0.3, 0.4) is 0 Å². The van der Waals surface area contributed by atoms with E-state index in [4.69, 9.17) is 11.6 Å². The van der Waals surface area contributed by atoms with Crippen molar-refractivity contribution in [1.29, 1.82) is 0 Å². The number of carbonyl (C=O) groups excluding carboxylic acids is 1. The normalized spacial score (nSPS) is 11.8. The predicted molar refractivity (Wildman–Crippen MR) is 179 cm³/mol. The summed E-state index contributed by atoms with van der Waals surface area (Å²) in [7, 11) is 0. The number of nitrogens with one attached hydrogen (secondary N) is 2. The molecule has 49 heavy (non-hydrogen) atoms. The standard InChI is InChI=1S/C32H24ClN9O6S/c1-17-27(40-39-21-6-3-7-24(15-21)49(47)48)29(46)42(41-17)22-10-8-19(9-11-22)34-31-36-30(33)37-32(38-31)35-20-5-2-4-18(14-20)28(45)25-13-12-23(43)16-26(25)44/h2-16,43-44,46H,1H3,(H,47,48)(H2,34,35,36,37,38)/p-1. The summed E-state index contributed by atoms with van der Waals surface area (Å²) in [6.07, 6.45) is 0. The summed E-state index contributed by atoms with van der Waals surface area (Å²) >= 11 is 3.75. The van der Waals surface area contributed by atoms with Crippen molar-refractivity contribution >= 4 is 63.1 Å². The molecule has 0 saturated carbocycles. The fourth-order valence-electron chi connectivity index (χ4n) is 4.57. The van der Waals surface area contributed by atoms with Gasteiger partial charge in [0.05, 0.1) is 22.6 Å². The summed E-state index contributed by atoms with van der Waals surface area (Å²) in [5.74, 6) is -1.04. The highest BCUT2D eigenvalue weighted by molar-refractivity contribution is 7.79. The van der Waals surface area contributed by atoms with Crippen molar-refractivity contribution in [2.45, 2.75) is 11.8 Å². The van der Waals surface area contributed by atoms with Crippen molar-refractivity contribution in [2.75, 3.05) is 10.6 Å². The maximum absolute atomic E-state index is 13.0. The molecule has 0 amide bonds. The topological polar surface area (TPSA) is 223 Å². The van der Waals surface area contributed by atoms with Gasteiger partial charge in [0, 0.05) is 27.9 Å². The molecule has 0 aliphatic rings. The molecular weight excluding hydrogens is 674 g/mol. The molecule has 15 nitrogen and oxygen atoms in total. The minimum Gasteiger partial charge on any atom is -0.768 e. The molecule has 6 aromatic rings. The number of rotatable bonds is 10. The van der Waals surface area contributed by atoms with Crippen molar-refractivity contribution in [3.05, 3.63) is 113 Å². The van der Waals surface area contributed by atoms with Crippen LogP contribution in [0.2, 0.25) is 5.28 Å². The minimum absolute atomic E-state index is 0.0271. The van der Waals surface area contributed by atoms with Crippen LogP contribution in [-0.2, 0) is 11.1 Å². The lowest BCUT2D eigenvalue weighted by molar-refractivity contribution is 0.103. The Morgan fingerprint density at radius 3 is 2.29 bits per heavy atom. The highest BCUT2D eigenvalue weighted by Crippen LogP contribution is 2.34. The second kappa shape index (κ2) is 13.9. The van der Waals surface area contributed by atoms with E-state index in [2.05, 4.69) is 40.9 Å². The van der Waals surface area contributed by atoms with Gasteiger partial charge >= 0.3 is 0 Å². The van der Waals surface area contributed by atoms with Crippen molar-refractivity contribution in [3.8, 4) is 23.1 Å². The Morgan fingerprint density at radius 1 is 0.857 bits per heavy atom. The van der Waals surface area contributed by atoms with E-state index in [9.17, 15) is 28.9 Å². The van der Waals surface area contributed by atoms with E-state index in [0.717, 1.165) is 6.07 Å². The summed E-state index contributed by atoms with van der Waals surface area (Å²) in [6, 6.07) is 22.8. The monoisotopic (exact) mass is 696 g/mol. The van der Waals surface area contributed by atoms with Gasteiger partial charge in [-0.05, 0) is 96.3 Å². The molecular formula is C32H23ClN9O6S-. The van der Waals surface area contributed by atoms with Crippen molar-refractivity contribution < 1.29 is 28.9 Å². The molecule has 6 rings (SSSR count). The highest BCUT2D eigenvalue weighted by Gasteiger charge is 2.17. The van der Waals surface area contributed by atoms with E-state index in [-0.39, 0.29) is 62.0 Å². The Bertz CT molecular complexity index is 2260. The molecule has 246 valence electrons. The first-order valence-corrected chi connectivity index (χ1v) is 15.6. The molecule has 0 spiro atoms. The fourth-order valence-corrected chi connectivity index (χ4v) is 5.14. The molecule has 1 unspecified atom stereocenters. The highest BCUT2D eigenvalue weighted by atomic mass is 35.5. The van der Waals surface area contributed by atoms with E-state index in [0.29, 0.717) is 22.8 Å². The van der Waals surface area contributed by atoms with Crippen LogP contribution in [0.5, 0.6) is 17.4 Å². The van der Waals surface area contributed by atoms with Gasteiger partial charge in [-0.15, -0.1) is 5.11 Å². The molecule has 2 aromatic heterocycles. The molecule has 4 aromatic carbocycles. The molecule has 5 N–H and O–H groups in total. The molecule has 0 saturated heterocycles. The van der Waals surface area contributed by atoms with E-state index >= 15 is 0 Å². The van der Waals surface area contributed by atoms with E-state index < -0.39 is 16.9 Å². The van der Waals surface area contributed by atoms with Crippen LogP contribution in [0, 0.1) is 6.92 Å². The lowest BCUT2D eigenvalue weighted by Crippen LogP contribution is -2.05. The lowest BCUT2D eigenvalue weighted by Gasteiger charge is -2.10. The third kappa shape index (κ3) is 7.51. The van der Waals surface area contributed by atoms with Gasteiger partial charge in [0.1, 0.15) is 11.5 Å². The summed E-state index contributed by atoms with van der Waals surface area (Å²) in [5, 5.41) is 48.9. The number of phenolic OH excluding ortho intramolecular Hbond substituents is 2. The zero-order valence-corrected chi connectivity index (χ0v) is 26.7. The van der Waals surface area contributed by atoms with Crippen LogP contribution in [-0.4, -0.2) is 54.6 Å². The number of nitrogens with zero attached hydrogens (tertiary/aromatic N) is 7. The van der Waals surface area contributed by atoms with Gasteiger partial charge in [-0.2, -0.15) is 29.8 Å². The number of aromatic hydroxyl groups is 3. The van der Waals surface area contributed by atoms with Crippen LogP contribution in [0.15, 0.2) is 106 Å². The zero-order chi connectivity index (χ0) is 34.7. The van der Waals surface area contributed by atoms with Gasteiger partial charge < -0.3 is 30.5 Å². The maximum atomic E-state index is 13.0. The molecule has 1 atom stereocenters. The van der Waals surface area contributed by atoms with Gasteiger partial charge in [-0.3, -0.25) is 9.00 Å². The van der Waals surface area contributed by atoms with Crippen LogP contribution in [0.25, 0.3) is 5.69 Å². The average molecular weight is 697 g/mol. The Labute approximate surface area is 284 Å². The first-order valence-electron chi connectivity index (χ1n) is 14.2. The number of ketones is 1. The Morgan fingerprint density at radius 2 is 1.57 bits per heavy atom. The minimum atomic E-state index is -2.42. The molecule has 0 fully saturated rings. The molecule has 0 aliphatic heterocycles. The quantitative estimate of drug-likeness (QED) is 0.0587. The summed E-state index contributed by atoms with van der Waals surface area (Å²) in [4.78, 5) is 25.6. The number of aromatic nitrogens is 5. The summed E-state index contributed by atoms with van der Waals surface area (Å²) in [5.41, 5.74) is 2.61. The van der Waals surface area contributed by atoms with E-state index in [1.54, 1.807) is 61.5 Å². The number of carbonyl (C=O) groups is 1.